The Hall–Kier alpha value is -1.35. The molecule has 1 N–H and O–H groups in total. The average molecular weight is 232 g/mol. The molecule has 1 fully saturated rings. The van der Waals surface area contributed by atoms with Crippen LogP contribution in [0, 0.1) is 11.8 Å². The molecular formula is C14H20N2O. The zero-order chi connectivity index (χ0) is 12.3. The first-order valence-corrected chi connectivity index (χ1v) is 6.18. The van der Waals surface area contributed by atoms with Gasteiger partial charge < -0.3 is 10.2 Å². The number of amides is 1. The molecule has 17 heavy (non-hydrogen) atoms. The van der Waals surface area contributed by atoms with Gasteiger partial charge in [0, 0.05) is 20.1 Å². The van der Waals surface area contributed by atoms with E-state index in [0.717, 1.165) is 13.1 Å². The molecule has 2 atom stereocenters. The van der Waals surface area contributed by atoms with Gasteiger partial charge in [0.05, 0.1) is 5.92 Å². The Bertz CT molecular complexity index is 377. The molecule has 0 aliphatic carbocycles. The van der Waals surface area contributed by atoms with E-state index in [0.29, 0.717) is 12.5 Å². The van der Waals surface area contributed by atoms with Crippen molar-refractivity contribution in [2.75, 3.05) is 20.1 Å². The molecule has 1 saturated heterocycles. The molecule has 1 heterocycles. The van der Waals surface area contributed by atoms with Crippen molar-refractivity contribution in [3.63, 3.8) is 0 Å². The highest BCUT2D eigenvalue weighted by molar-refractivity contribution is 5.79. The fraction of sp³-hybridized carbons (Fsp3) is 0.500. The van der Waals surface area contributed by atoms with Gasteiger partial charge in [-0.3, -0.25) is 4.79 Å². The lowest BCUT2D eigenvalue weighted by atomic mass is 9.96. The van der Waals surface area contributed by atoms with Crippen molar-refractivity contribution in [1.82, 2.24) is 10.2 Å². The smallest absolute Gasteiger partial charge is 0.227 e. The second-order valence-electron chi connectivity index (χ2n) is 4.92. The molecule has 3 heteroatoms. The molecule has 0 bridgehead atoms. The summed E-state index contributed by atoms with van der Waals surface area (Å²) in [5.41, 5.74) is 1.18. The van der Waals surface area contributed by atoms with Crippen molar-refractivity contribution in [2.24, 2.45) is 11.8 Å². The Labute approximate surface area is 103 Å². The van der Waals surface area contributed by atoms with Crippen LogP contribution in [0.4, 0.5) is 0 Å². The molecule has 1 amide bonds. The highest BCUT2D eigenvalue weighted by Gasteiger charge is 2.31. The number of carbonyl (C=O) groups excluding carboxylic acids is 1. The van der Waals surface area contributed by atoms with Crippen LogP contribution in [0.15, 0.2) is 30.3 Å². The van der Waals surface area contributed by atoms with Gasteiger partial charge in [0.1, 0.15) is 0 Å². The molecule has 1 aromatic rings. The summed E-state index contributed by atoms with van der Waals surface area (Å²) in [5.74, 6) is 0.843. The van der Waals surface area contributed by atoms with Gasteiger partial charge in [0.15, 0.2) is 0 Å². The minimum absolute atomic E-state index is 0.142. The van der Waals surface area contributed by atoms with E-state index in [1.165, 1.54) is 5.56 Å². The lowest BCUT2D eigenvalue weighted by Gasteiger charge is -2.23. The number of hydrogen-bond acceptors (Lipinski definition) is 2. The summed E-state index contributed by atoms with van der Waals surface area (Å²) in [6, 6.07) is 10.1. The van der Waals surface area contributed by atoms with Gasteiger partial charge in [-0.2, -0.15) is 0 Å². The van der Waals surface area contributed by atoms with Crippen molar-refractivity contribution in [3.05, 3.63) is 35.9 Å². The maximum atomic E-state index is 12.2. The fourth-order valence-electron chi connectivity index (χ4n) is 2.36. The minimum Gasteiger partial charge on any atom is -0.341 e. The van der Waals surface area contributed by atoms with E-state index >= 15 is 0 Å². The maximum Gasteiger partial charge on any atom is 0.227 e. The molecule has 0 unspecified atom stereocenters. The number of nitrogens with zero attached hydrogens (tertiary/aromatic N) is 1. The summed E-state index contributed by atoms with van der Waals surface area (Å²) in [5, 5.41) is 3.27. The van der Waals surface area contributed by atoms with Crippen molar-refractivity contribution >= 4 is 5.91 Å². The number of nitrogens with one attached hydrogen (secondary N) is 1. The summed E-state index contributed by atoms with van der Waals surface area (Å²) >= 11 is 0. The molecular weight excluding hydrogens is 212 g/mol. The summed E-state index contributed by atoms with van der Waals surface area (Å²) < 4.78 is 0. The van der Waals surface area contributed by atoms with Crippen LogP contribution in [0.5, 0.6) is 0 Å². The topological polar surface area (TPSA) is 32.3 Å². The SMILES string of the molecule is C[C@@H]1CNC[C@H]1C(=O)N(C)Cc1ccccc1. The first-order chi connectivity index (χ1) is 8.18. The van der Waals surface area contributed by atoms with E-state index in [1.807, 2.05) is 30.1 Å². The summed E-state index contributed by atoms with van der Waals surface area (Å²) in [6.45, 7) is 4.61. The fourth-order valence-corrected chi connectivity index (χ4v) is 2.36. The van der Waals surface area contributed by atoms with E-state index in [-0.39, 0.29) is 11.8 Å². The zero-order valence-electron chi connectivity index (χ0n) is 10.5. The molecule has 1 aliphatic rings. The van der Waals surface area contributed by atoms with Crippen molar-refractivity contribution < 1.29 is 4.79 Å². The zero-order valence-corrected chi connectivity index (χ0v) is 10.5. The Morgan fingerprint density at radius 1 is 1.35 bits per heavy atom. The van der Waals surface area contributed by atoms with E-state index in [4.69, 9.17) is 0 Å². The number of rotatable bonds is 3. The van der Waals surface area contributed by atoms with E-state index < -0.39 is 0 Å². The van der Waals surface area contributed by atoms with Crippen LogP contribution >= 0.6 is 0 Å². The van der Waals surface area contributed by atoms with Gasteiger partial charge in [-0.1, -0.05) is 37.3 Å². The van der Waals surface area contributed by atoms with Crippen LogP contribution in [0.25, 0.3) is 0 Å². The Morgan fingerprint density at radius 3 is 2.65 bits per heavy atom. The first-order valence-electron chi connectivity index (χ1n) is 6.18. The Kier molecular flexibility index (Phi) is 3.79. The normalized spacial score (nSPS) is 23.6. The highest BCUT2D eigenvalue weighted by atomic mass is 16.2. The number of hydrogen-bond donors (Lipinski definition) is 1. The van der Waals surface area contributed by atoms with Gasteiger partial charge >= 0.3 is 0 Å². The Balaban J connectivity index is 1.96. The summed E-state index contributed by atoms with van der Waals surface area (Å²) in [4.78, 5) is 14.1. The van der Waals surface area contributed by atoms with Gasteiger partial charge in [0.25, 0.3) is 0 Å². The molecule has 92 valence electrons. The quantitative estimate of drug-likeness (QED) is 0.856. The third-order valence-electron chi connectivity index (χ3n) is 3.47. The van der Waals surface area contributed by atoms with Crippen LogP contribution in [0.3, 0.4) is 0 Å². The molecule has 0 radical (unpaired) electrons. The van der Waals surface area contributed by atoms with Crippen molar-refractivity contribution in [2.45, 2.75) is 13.5 Å². The van der Waals surface area contributed by atoms with E-state index in [2.05, 4.69) is 24.4 Å². The van der Waals surface area contributed by atoms with Crippen LogP contribution in [-0.4, -0.2) is 30.9 Å². The van der Waals surface area contributed by atoms with E-state index in [1.54, 1.807) is 0 Å². The van der Waals surface area contributed by atoms with Crippen LogP contribution in [0.1, 0.15) is 12.5 Å². The second-order valence-corrected chi connectivity index (χ2v) is 4.92. The van der Waals surface area contributed by atoms with Crippen LogP contribution in [0.2, 0.25) is 0 Å². The van der Waals surface area contributed by atoms with Gasteiger partial charge in [-0.15, -0.1) is 0 Å². The molecule has 3 nitrogen and oxygen atoms in total. The van der Waals surface area contributed by atoms with Crippen molar-refractivity contribution in [1.29, 1.82) is 0 Å². The third kappa shape index (κ3) is 2.86. The number of carbonyl (C=O) groups is 1. The summed E-state index contributed by atoms with van der Waals surface area (Å²) in [7, 11) is 1.89. The molecule has 2 rings (SSSR count). The predicted octanol–water partition coefficient (Wildman–Crippen LogP) is 1.50. The summed E-state index contributed by atoms with van der Waals surface area (Å²) in [6.07, 6.45) is 0. The van der Waals surface area contributed by atoms with Gasteiger partial charge in [-0.25, -0.2) is 0 Å². The number of benzene rings is 1. The van der Waals surface area contributed by atoms with E-state index in [9.17, 15) is 4.79 Å². The maximum absolute atomic E-state index is 12.2. The Morgan fingerprint density at radius 2 is 2.06 bits per heavy atom. The minimum atomic E-state index is 0.142. The second kappa shape index (κ2) is 5.32. The first kappa shape index (κ1) is 12.1. The lowest BCUT2D eigenvalue weighted by Crippen LogP contribution is -2.35. The van der Waals surface area contributed by atoms with Crippen LogP contribution in [-0.2, 0) is 11.3 Å². The van der Waals surface area contributed by atoms with Gasteiger partial charge in [0.2, 0.25) is 5.91 Å². The van der Waals surface area contributed by atoms with Crippen molar-refractivity contribution in [3.8, 4) is 0 Å². The monoisotopic (exact) mass is 232 g/mol. The third-order valence-corrected chi connectivity index (χ3v) is 3.47. The molecule has 1 aliphatic heterocycles. The standard InChI is InChI=1S/C14H20N2O/c1-11-8-15-9-13(11)14(17)16(2)10-12-6-4-3-5-7-12/h3-7,11,13,15H,8-10H2,1-2H3/t11-,13-/m1/s1. The van der Waals surface area contributed by atoms with Crippen LogP contribution < -0.4 is 5.32 Å². The highest BCUT2D eigenvalue weighted by Crippen LogP contribution is 2.18. The molecule has 1 aromatic carbocycles. The largest absolute Gasteiger partial charge is 0.341 e. The van der Waals surface area contributed by atoms with Gasteiger partial charge in [-0.05, 0) is 18.0 Å². The lowest BCUT2D eigenvalue weighted by molar-refractivity contribution is -0.135. The predicted molar refractivity (Wildman–Crippen MR) is 68.4 cm³/mol. The molecule has 0 saturated carbocycles. The molecule has 0 aromatic heterocycles. The average Bonchev–Trinajstić information content (AvgIpc) is 2.76. The molecule has 0 spiro atoms.